The zero-order valence-electron chi connectivity index (χ0n) is 8.85. The van der Waals surface area contributed by atoms with Gasteiger partial charge in [-0.15, -0.1) is 0 Å². The Morgan fingerprint density at radius 1 is 1.12 bits per heavy atom. The monoisotopic (exact) mass is 228 g/mol. The minimum atomic E-state index is -0.279. The van der Waals surface area contributed by atoms with E-state index in [2.05, 4.69) is 4.98 Å². The molecule has 1 aromatic carbocycles. The van der Waals surface area contributed by atoms with Crippen molar-refractivity contribution in [2.45, 2.75) is 0 Å². The first-order valence-corrected chi connectivity index (χ1v) is 5.13. The minimum Gasteiger partial charge on any atom is -0.456 e. The minimum absolute atomic E-state index is 0.279. The number of benzene rings is 1. The van der Waals surface area contributed by atoms with Crippen molar-refractivity contribution in [2.24, 2.45) is 0 Å². The third-order valence-electron chi connectivity index (χ3n) is 2.54. The van der Waals surface area contributed by atoms with Crippen molar-refractivity contribution in [2.75, 3.05) is 5.73 Å². The third-order valence-corrected chi connectivity index (χ3v) is 2.54. The summed E-state index contributed by atoms with van der Waals surface area (Å²) in [4.78, 5) is 3.91. The van der Waals surface area contributed by atoms with E-state index >= 15 is 0 Å². The zero-order chi connectivity index (χ0) is 11.8. The number of nitrogens with zero attached hydrogens (tertiary/aromatic N) is 1. The Balaban J connectivity index is 2.18. The summed E-state index contributed by atoms with van der Waals surface area (Å²) in [5.41, 5.74) is 7.08. The second-order valence-corrected chi connectivity index (χ2v) is 3.76. The molecule has 0 aliphatic rings. The van der Waals surface area contributed by atoms with E-state index in [1.54, 1.807) is 30.5 Å². The molecule has 2 heterocycles. The molecule has 0 spiro atoms. The van der Waals surface area contributed by atoms with Crippen LogP contribution in [0.15, 0.2) is 47.0 Å². The molecule has 0 fully saturated rings. The first kappa shape index (κ1) is 9.84. The number of fused-ring (bicyclic) bond motifs is 1. The molecule has 0 unspecified atom stereocenters. The number of hydrogen-bond donors (Lipinski definition) is 1. The van der Waals surface area contributed by atoms with Gasteiger partial charge in [0, 0.05) is 17.1 Å². The van der Waals surface area contributed by atoms with Crippen molar-refractivity contribution in [1.82, 2.24) is 4.98 Å². The molecule has 0 bridgehead atoms. The normalized spacial score (nSPS) is 10.9. The average molecular weight is 228 g/mol. The van der Waals surface area contributed by atoms with Crippen LogP contribution in [-0.4, -0.2) is 4.98 Å². The quantitative estimate of drug-likeness (QED) is 0.695. The molecular weight excluding hydrogens is 219 g/mol. The number of anilines is 1. The van der Waals surface area contributed by atoms with Gasteiger partial charge in [-0.2, -0.15) is 0 Å². The Morgan fingerprint density at radius 3 is 2.82 bits per heavy atom. The number of rotatable bonds is 1. The molecule has 84 valence electrons. The Labute approximate surface area is 96.7 Å². The molecule has 4 heteroatoms. The predicted molar refractivity (Wildman–Crippen MR) is 63.8 cm³/mol. The van der Waals surface area contributed by atoms with Gasteiger partial charge in [0.1, 0.15) is 23.0 Å². The summed E-state index contributed by atoms with van der Waals surface area (Å²) in [5, 5.41) is 0.732. The number of hydrogen-bond acceptors (Lipinski definition) is 3. The molecule has 2 N–H and O–H groups in total. The van der Waals surface area contributed by atoms with E-state index in [-0.39, 0.29) is 5.82 Å². The lowest BCUT2D eigenvalue weighted by Gasteiger charge is -1.96. The fourth-order valence-electron chi connectivity index (χ4n) is 1.76. The highest BCUT2D eigenvalue weighted by atomic mass is 19.1. The van der Waals surface area contributed by atoms with E-state index in [1.807, 2.05) is 0 Å². The highest BCUT2D eigenvalue weighted by Gasteiger charge is 2.07. The van der Waals surface area contributed by atoms with Crippen LogP contribution in [0.2, 0.25) is 0 Å². The van der Waals surface area contributed by atoms with E-state index in [0.29, 0.717) is 17.2 Å². The van der Waals surface area contributed by atoms with Crippen LogP contribution in [-0.2, 0) is 0 Å². The van der Waals surface area contributed by atoms with E-state index in [1.165, 1.54) is 12.1 Å². The van der Waals surface area contributed by atoms with Gasteiger partial charge in [0.05, 0.1) is 0 Å². The Bertz CT molecular complexity index is 691. The summed E-state index contributed by atoms with van der Waals surface area (Å²) >= 11 is 0. The largest absolute Gasteiger partial charge is 0.456 e. The van der Waals surface area contributed by atoms with E-state index < -0.39 is 0 Å². The van der Waals surface area contributed by atoms with Gasteiger partial charge < -0.3 is 10.2 Å². The van der Waals surface area contributed by atoms with Crippen molar-refractivity contribution in [3.05, 3.63) is 48.4 Å². The maximum atomic E-state index is 13.0. The molecule has 0 amide bonds. The first-order chi connectivity index (χ1) is 8.22. The van der Waals surface area contributed by atoms with Crippen LogP contribution in [0.25, 0.3) is 22.3 Å². The second kappa shape index (κ2) is 3.59. The Morgan fingerprint density at radius 2 is 2.00 bits per heavy atom. The molecule has 3 nitrogen and oxygen atoms in total. The standard InChI is InChI=1S/C13H9FN2O/c14-10-1-2-11-9(5-10)6-12(17-11)8-3-4-16-13(15)7-8/h1-7H,(H2,15,16). The molecule has 0 radical (unpaired) electrons. The molecule has 2 aromatic heterocycles. The summed E-state index contributed by atoms with van der Waals surface area (Å²) in [5.74, 6) is 0.799. The fourth-order valence-corrected chi connectivity index (χ4v) is 1.76. The van der Waals surface area contributed by atoms with Gasteiger partial charge in [-0.1, -0.05) is 0 Å². The van der Waals surface area contributed by atoms with E-state index in [0.717, 1.165) is 10.9 Å². The SMILES string of the molecule is Nc1cc(-c2cc3cc(F)ccc3o2)ccn1. The molecule has 3 rings (SSSR count). The van der Waals surface area contributed by atoms with Crippen LogP contribution >= 0.6 is 0 Å². The molecule has 0 saturated heterocycles. The van der Waals surface area contributed by atoms with Crippen LogP contribution in [0.1, 0.15) is 0 Å². The van der Waals surface area contributed by atoms with Gasteiger partial charge in [-0.3, -0.25) is 0 Å². The van der Waals surface area contributed by atoms with Gasteiger partial charge in [0.15, 0.2) is 0 Å². The van der Waals surface area contributed by atoms with Crippen LogP contribution in [0.3, 0.4) is 0 Å². The van der Waals surface area contributed by atoms with Gasteiger partial charge in [0.2, 0.25) is 0 Å². The summed E-state index contributed by atoms with van der Waals surface area (Å²) < 4.78 is 18.7. The number of nitrogens with two attached hydrogens (primary N) is 1. The molecule has 0 aliphatic carbocycles. The van der Waals surface area contributed by atoms with Crippen LogP contribution in [0.4, 0.5) is 10.2 Å². The molecular formula is C13H9FN2O. The van der Waals surface area contributed by atoms with Crippen LogP contribution < -0.4 is 5.73 Å². The molecule has 0 saturated carbocycles. The number of aromatic nitrogens is 1. The van der Waals surface area contributed by atoms with E-state index in [4.69, 9.17) is 10.2 Å². The maximum absolute atomic E-state index is 13.0. The second-order valence-electron chi connectivity index (χ2n) is 3.76. The van der Waals surface area contributed by atoms with Gasteiger partial charge in [0.25, 0.3) is 0 Å². The smallest absolute Gasteiger partial charge is 0.135 e. The summed E-state index contributed by atoms with van der Waals surface area (Å²) in [7, 11) is 0. The van der Waals surface area contributed by atoms with E-state index in [9.17, 15) is 4.39 Å². The third kappa shape index (κ3) is 1.73. The zero-order valence-corrected chi connectivity index (χ0v) is 8.85. The van der Waals surface area contributed by atoms with Crippen molar-refractivity contribution >= 4 is 16.8 Å². The number of halogens is 1. The van der Waals surface area contributed by atoms with Crippen molar-refractivity contribution < 1.29 is 8.81 Å². The topological polar surface area (TPSA) is 52.0 Å². The van der Waals surface area contributed by atoms with Gasteiger partial charge >= 0.3 is 0 Å². The highest BCUT2D eigenvalue weighted by Crippen LogP contribution is 2.28. The fraction of sp³-hybridized carbons (Fsp3) is 0. The number of pyridine rings is 1. The van der Waals surface area contributed by atoms with Crippen molar-refractivity contribution in [3.8, 4) is 11.3 Å². The Kier molecular flexibility index (Phi) is 2.08. The lowest BCUT2D eigenvalue weighted by molar-refractivity contribution is 0.619. The molecule has 0 atom stereocenters. The predicted octanol–water partition coefficient (Wildman–Crippen LogP) is 3.22. The number of nitrogen functional groups attached to an aromatic ring is 1. The number of furan rings is 1. The summed E-state index contributed by atoms with van der Waals surface area (Å²) in [6.07, 6.45) is 1.61. The van der Waals surface area contributed by atoms with Gasteiger partial charge in [-0.25, -0.2) is 9.37 Å². The van der Waals surface area contributed by atoms with Gasteiger partial charge in [-0.05, 0) is 36.4 Å². The van der Waals surface area contributed by atoms with Crippen LogP contribution in [0.5, 0.6) is 0 Å². The first-order valence-electron chi connectivity index (χ1n) is 5.13. The molecule has 17 heavy (non-hydrogen) atoms. The van der Waals surface area contributed by atoms with Crippen molar-refractivity contribution in [1.29, 1.82) is 0 Å². The molecule has 3 aromatic rings. The molecule has 0 aliphatic heterocycles. The lowest BCUT2D eigenvalue weighted by atomic mass is 10.2. The lowest BCUT2D eigenvalue weighted by Crippen LogP contribution is -1.88. The van der Waals surface area contributed by atoms with Crippen molar-refractivity contribution in [3.63, 3.8) is 0 Å². The summed E-state index contributed by atoms with van der Waals surface area (Å²) in [6, 6.07) is 9.72. The summed E-state index contributed by atoms with van der Waals surface area (Å²) in [6.45, 7) is 0. The Hall–Kier alpha value is -2.36. The van der Waals surface area contributed by atoms with Crippen LogP contribution in [0, 0.1) is 5.82 Å². The maximum Gasteiger partial charge on any atom is 0.135 e. The highest BCUT2D eigenvalue weighted by molar-refractivity contribution is 5.83. The average Bonchev–Trinajstić information content (AvgIpc) is 2.72.